The summed E-state index contributed by atoms with van der Waals surface area (Å²) >= 11 is 0. The van der Waals surface area contributed by atoms with Crippen molar-refractivity contribution in [2.45, 2.75) is 32.9 Å². The number of hydrogen-bond donors (Lipinski definition) is 1. The van der Waals surface area contributed by atoms with Gasteiger partial charge in [0.15, 0.2) is 0 Å². The van der Waals surface area contributed by atoms with E-state index in [-0.39, 0.29) is 37.0 Å². The van der Waals surface area contributed by atoms with Crippen LogP contribution in [0.5, 0.6) is 0 Å². The largest absolute Gasteiger partial charge is 0.336 e. The number of hydrogen-bond acceptors (Lipinski definition) is 3. The highest BCUT2D eigenvalue weighted by molar-refractivity contribution is 5.94. The van der Waals surface area contributed by atoms with Crippen molar-refractivity contribution >= 4 is 28.5 Å². The van der Waals surface area contributed by atoms with Crippen LogP contribution in [0.15, 0.2) is 53.3 Å². The van der Waals surface area contributed by atoms with Gasteiger partial charge in [-0.25, -0.2) is 4.79 Å². The number of anilines is 1. The molecule has 0 atom stereocenters. The molecule has 7 nitrogen and oxygen atoms in total. The molecule has 1 heterocycles. The minimum absolute atomic E-state index is 0.0917. The summed E-state index contributed by atoms with van der Waals surface area (Å²) in [6.07, 6.45) is 6.34. The second-order valence-electron chi connectivity index (χ2n) is 7.35. The SMILES string of the molecule is C#Cc1cccc(NC(=O)CN(C)C(=O)CCn2c(=O)n(CCC)c3ccccc32)c1. The molecule has 160 valence electrons. The number of aromatic nitrogens is 2. The first-order valence-corrected chi connectivity index (χ1v) is 10.2. The molecule has 0 saturated carbocycles. The van der Waals surface area contributed by atoms with Gasteiger partial charge < -0.3 is 10.2 Å². The standard InChI is InChI=1S/C24H26N4O3/c1-4-14-27-20-11-6-7-12-21(20)28(24(27)31)15-13-23(30)26(3)17-22(29)25-19-10-8-9-18(5-2)16-19/h2,6-12,16H,4,13-15,17H2,1,3H3,(H,25,29). The fraction of sp³-hybridized carbons (Fsp3) is 0.292. The molecule has 0 unspecified atom stereocenters. The Morgan fingerprint density at radius 2 is 1.74 bits per heavy atom. The molecule has 0 aliphatic carbocycles. The molecule has 0 bridgehead atoms. The predicted molar refractivity (Wildman–Crippen MR) is 122 cm³/mol. The Bertz CT molecular complexity index is 1200. The molecule has 1 N–H and O–H groups in total. The number of rotatable bonds is 8. The number of nitrogens with one attached hydrogen (secondary N) is 1. The monoisotopic (exact) mass is 418 g/mol. The van der Waals surface area contributed by atoms with Crippen LogP contribution in [0.25, 0.3) is 11.0 Å². The summed E-state index contributed by atoms with van der Waals surface area (Å²) in [5.41, 5.74) is 2.79. The van der Waals surface area contributed by atoms with Gasteiger partial charge in [-0.05, 0) is 36.8 Å². The molecule has 0 fully saturated rings. The molecule has 3 aromatic rings. The van der Waals surface area contributed by atoms with Crippen molar-refractivity contribution < 1.29 is 9.59 Å². The van der Waals surface area contributed by atoms with Gasteiger partial charge in [0, 0.05) is 37.8 Å². The van der Waals surface area contributed by atoms with Crippen molar-refractivity contribution in [3.63, 3.8) is 0 Å². The van der Waals surface area contributed by atoms with Crippen molar-refractivity contribution in [2.75, 3.05) is 18.9 Å². The van der Waals surface area contributed by atoms with Gasteiger partial charge in [0.25, 0.3) is 0 Å². The van der Waals surface area contributed by atoms with E-state index in [4.69, 9.17) is 6.42 Å². The molecule has 2 aromatic carbocycles. The van der Waals surface area contributed by atoms with E-state index >= 15 is 0 Å². The Hall–Kier alpha value is -3.79. The van der Waals surface area contributed by atoms with Crippen molar-refractivity contribution in [3.8, 4) is 12.3 Å². The lowest BCUT2D eigenvalue weighted by Crippen LogP contribution is -2.36. The van der Waals surface area contributed by atoms with Gasteiger partial charge in [0.05, 0.1) is 17.6 Å². The number of likely N-dealkylation sites (N-methyl/N-ethyl adjacent to an activating group) is 1. The van der Waals surface area contributed by atoms with Crippen LogP contribution in [0.4, 0.5) is 5.69 Å². The van der Waals surface area contributed by atoms with Crippen LogP contribution >= 0.6 is 0 Å². The topological polar surface area (TPSA) is 76.3 Å². The summed E-state index contributed by atoms with van der Waals surface area (Å²) in [5, 5.41) is 2.74. The van der Waals surface area contributed by atoms with Crippen molar-refractivity contribution in [2.24, 2.45) is 0 Å². The molecule has 3 rings (SSSR count). The number of para-hydroxylation sites is 2. The molecular formula is C24H26N4O3. The van der Waals surface area contributed by atoms with Crippen molar-refractivity contribution in [1.82, 2.24) is 14.0 Å². The minimum Gasteiger partial charge on any atom is -0.336 e. The Morgan fingerprint density at radius 3 is 2.39 bits per heavy atom. The van der Waals surface area contributed by atoms with Crippen LogP contribution < -0.4 is 11.0 Å². The van der Waals surface area contributed by atoms with E-state index in [1.165, 1.54) is 4.90 Å². The third kappa shape index (κ3) is 5.04. The van der Waals surface area contributed by atoms with E-state index in [1.807, 2.05) is 31.2 Å². The number of terminal acetylenes is 1. The highest BCUT2D eigenvalue weighted by Crippen LogP contribution is 2.14. The number of fused-ring (bicyclic) bond motifs is 1. The molecule has 7 heteroatoms. The summed E-state index contributed by atoms with van der Waals surface area (Å²) in [4.78, 5) is 39.0. The zero-order chi connectivity index (χ0) is 22.4. The van der Waals surface area contributed by atoms with E-state index in [9.17, 15) is 14.4 Å². The van der Waals surface area contributed by atoms with Crippen LogP contribution in [0.3, 0.4) is 0 Å². The number of carbonyl (C=O) groups excluding carboxylic acids is 2. The maximum Gasteiger partial charge on any atom is 0.329 e. The summed E-state index contributed by atoms with van der Waals surface area (Å²) in [5.74, 6) is 1.98. The number of aryl methyl sites for hydroxylation is 2. The quantitative estimate of drug-likeness (QED) is 0.572. The van der Waals surface area contributed by atoms with Crippen LogP contribution in [-0.2, 0) is 22.7 Å². The zero-order valence-electron chi connectivity index (χ0n) is 17.8. The van der Waals surface area contributed by atoms with E-state index in [1.54, 1.807) is 40.4 Å². The van der Waals surface area contributed by atoms with Gasteiger partial charge >= 0.3 is 5.69 Å². The Kier molecular flexibility index (Phi) is 6.93. The number of nitrogens with zero attached hydrogens (tertiary/aromatic N) is 3. The molecule has 0 aliphatic rings. The molecule has 31 heavy (non-hydrogen) atoms. The fourth-order valence-corrected chi connectivity index (χ4v) is 3.52. The van der Waals surface area contributed by atoms with Gasteiger partial charge in [-0.3, -0.25) is 18.7 Å². The maximum atomic E-state index is 12.8. The summed E-state index contributed by atoms with van der Waals surface area (Å²) in [7, 11) is 1.57. The van der Waals surface area contributed by atoms with Gasteiger partial charge in [0.1, 0.15) is 0 Å². The van der Waals surface area contributed by atoms with Crippen molar-refractivity contribution in [3.05, 3.63) is 64.6 Å². The summed E-state index contributed by atoms with van der Waals surface area (Å²) < 4.78 is 3.36. The normalized spacial score (nSPS) is 10.6. The van der Waals surface area contributed by atoms with E-state index in [0.717, 1.165) is 17.5 Å². The third-order valence-corrected chi connectivity index (χ3v) is 5.04. The fourth-order valence-electron chi connectivity index (χ4n) is 3.52. The van der Waals surface area contributed by atoms with Gasteiger partial charge in [-0.15, -0.1) is 6.42 Å². The predicted octanol–water partition coefficient (Wildman–Crippen LogP) is 2.68. The Labute approximate surface area is 181 Å². The maximum absolute atomic E-state index is 12.8. The summed E-state index contributed by atoms with van der Waals surface area (Å²) in [6, 6.07) is 14.5. The van der Waals surface area contributed by atoms with E-state index in [0.29, 0.717) is 17.8 Å². The molecule has 0 radical (unpaired) electrons. The lowest BCUT2D eigenvalue weighted by molar-refractivity contribution is -0.133. The first-order valence-electron chi connectivity index (χ1n) is 10.2. The lowest BCUT2D eigenvalue weighted by atomic mass is 10.2. The highest BCUT2D eigenvalue weighted by atomic mass is 16.2. The highest BCUT2D eigenvalue weighted by Gasteiger charge is 2.16. The van der Waals surface area contributed by atoms with Crippen molar-refractivity contribution in [1.29, 1.82) is 0 Å². The van der Waals surface area contributed by atoms with Crippen LogP contribution in [-0.4, -0.2) is 39.4 Å². The Balaban J connectivity index is 1.63. The lowest BCUT2D eigenvalue weighted by Gasteiger charge is -2.17. The molecule has 1 aromatic heterocycles. The number of carbonyl (C=O) groups is 2. The smallest absolute Gasteiger partial charge is 0.329 e. The third-order valence-electron chi connectivity index (χ3n) is 5.04. The molecule has 0 saturated heterocycles. The van der Waals surface area contributed by atoms with Gasteiger partial charge in [-0.2, -0.15) is 0 Å². The average molecular weight is 418 g/mol. The van der Waals surface area contributed by atoms with Gasteiger partial charge in [-0.1, -0.05) is 31.0 Å². The first-order chi connectivity index (χ1) is 14.9. The van der Waals surface area contributed by atoms with Crippen LogP contribution in [0.1, 0.15) is 25.3 Å². The molecule has 0 spiro atoms. The number of amides is 2. The van der Waals surface area contributed by atoms with Crippen LogP contribution in [0, 0.1) is 12.3 Å². The second-order valence-corrected chi connectivity index (χ2v) is 7.35. The minimum atomic E-state index is -0.318. The van der Waals surface area contributed by atoms with E-state index < -0.39 is 0 Å². The van der Waals surface area contributed by atoms with Gasteiger partial charge in [0.2, 0.25) is 11.8 Å². The number of imidazole rings is 1. The Morgan fingerprint density at radius 1 is 1.06 bits per heavy atom. The zero-order valence-corrected chi connectivity index (χ0v) is 17.8. The summed E-state index contributed by atoms with van der Waals surface area (Å²) in [6.45, 7) is 2.81. The van der Waals surface area contributed by atoms with E-state index in [2.05, 4.69) is 11.2 Å². The molecular weight excluding hydrogens is 392 g/mol. The number of benzene rings is 2. The molecule has 2 amide bonds. The second kappa shape index (κ2) is 9.81. The first kappa shape index (κ1) is 21.9. The van der Waals surface area contributed by atoms with Crippen LogP contribution in [0.2, 0.25) is 0 Å². The average Bonchev–Trinajstić information content (AvgIpc) is 3.03. The molecule has 0 aliphatic heterocycles.